The van der Waals surface area contributed by atoms with Crippen LogP contribution in [0.1, 0.15) is 60.2 Å². The minimum Gasteiger partial charge on any atom is -0.481 e. The van der Waals surface area contributed by atoms with Crippen LogP contribution in [0.4, 0.5) is 55.9 Å². The number of nitrogens with zero attached hydrogens (tertiary/aromatic N) is 5. The molecule has 1 amide bonds. The number of hydrogen-bond donors (Lipinski definition) is 1. The lowest BCUT2D eigenvalue weighted by atomic mass is 9.92. The quantitative estimate of drug-likeness (QED) is 0.215. The number of ether oxygens (including phenoxy) is 2. The number of carbonyl (C=O) groups excluding carboxylic acids is 1. The lowest BCUT2D eigenvalue weighted by molar-refractivity contribution is -0.160. The number of methoxy groups -OCH3 is 1. The maximum atomic E-state index is 13.8. The Morgan fingerprint density at radius 1 is 0.959 bits per heavy atom. The molecule has 0 bridgehead atoms. The van der Waals surface area contributed by atoms with Gasteiger partial charge >= 0.3 is 30.6 Å². The molecular weight excluding hydrogens is 681 g/mol. The Bertz CT molecular complexity index is 1620. The van der Waals surface area contributed by atoms with Crippen molar-refractivity contribution in [2.45, 2.75) is 69.8 Å². The molecule has 10 nitrogen and oxygen atoms in total. The number of carbonyl (C=O) groups is 2. The standard InChI is InChI=1S/C30H28F9N5O5/c1-3-20-11-22(25-21(5-6-23(42-25)48-2)44(20)27(47)49-15-28(31,32)33)43(26-40-12-16(13-41-26)4-7-24(45)46)14-17-8-18(29(34,35)36)10-19(9-17)30(37,38)39/h5-6,8-10,12-13,20,22H,3-4,7,11,14-15H2,1-2H3,(H,45,46)/t20-,22?/m1/s1. The number of hydrogen-bond acceptors (Lipinski definition) is 8. The summed E-state index contributed by atoms with van der Waals surface area (Å²) in [6.45, 7) is -0.958. The number of amides is 1. The van der Waals surface area contributed by atoms with Gasteiger partial charge in [-0.05, 0) is 54.7 Å². The molecule has 0 aliphatic carbocycles. The minimum absolute atomic E-state index is 0.0100. The maximum Gasteiger partial charge on any atom is 0.422 e. The highest BCUT2D eigenvalue weighted by Gasteiger charge is 2.43. The van der Waals surface area contributed by atoms with Crippen molar-refractivity contribution < 1.29 is 63.7 Å². The molecule has 2 atom stereocenters. The predicted octanol–water partition coefficient (Wildman–Crippen LogP) is 7.37. The van der Waals surface area contributed by atoms with Crippen molar-refractivity contribution in [3.8, 4) is 5.88 Å². The Balaban J connectivity index is 1.89. The molecule has 1 N–H and O–H groups in total. The fraction of sp³-hybridized carbons (Fsp3) is 0.433. The van der Waals surface area contributed by atoms with Crippen LogP contribution >= 0.6 is 0 Å². The summed E-state index contributed by atoms with van der Waals surface area (Å²) in [5.41, 5.74) is -3.34. The van der Waals surface area contributed by atoms with Crippen LogP contribution < -0.4 is 14.5 Å². The van der Waals surface area contributed by atoms with Gasteiger partial charge in [0.05, 0.1) is 35.7 Å². The number of benzene rings is 1. The van der Waals surface area contributed by atoms with Crippen molar-refractivity contribution in [1.82, 2.24) is 15.0 Å². The molecule has 0 fully saturated rings. The molecule has 0 saturated carbocycles. The summed E-state index contributed by atoms with van der Waals surface area (Å²) >= 11 is 0. The molecule has 3 heterocycles. The zero-order chi connectivity index (χ0) is 36.3. The molecule has 1 aliphatic heterocycles. The highest BCUT2D eigenvalue weighted by atomic mass is 19.4. The summed E-state index contributed by atoms with van der Waals surface area (Å²) in [5, 5.41) is 9.01. The van der Waals surface area contributed by atoms with Crippen molar-refractivity contribution in [3.05, 3.63) is 70.7 Å². The summed E-state index contributed by atoms with van der Waals surface area (Å²) in [7, 11) is 1.24. The van der Waals surface area contributed by atoms with Crippen LogP contribution in [-0.2, 0) is 34.8 Å². The third-order valence-corrected chi connectivity index (χ3v) is 7.50. The number of alkyl halides is 9. The molecule has 0 saturated heterocycles. The molecular formula is C30H28F9N5O5. The van der Waals surface area contributed by atoms with Crippen molar-refractivity contribution in [2.75, 3.05) is 23.5 Å². The number of carboxylic acids is 1. The first kappa shape index (κ1) is 37.0. The van der Waals surface area contributed by atoms with Gasteiger partial charge in [-0.25, -0.2) is 19.7 Å². The molecule has 1 aromatic carbocycles. The Kier molecular flexibility index (Phi) is 10.8. The number of aliphatic carboxylic acids is 1. The van der Waals surface area contributed by atoms with Gasteiger partial charge in [-0.1, -0.05) is 6.92 Å². The summed E-state index contributed by atoms with van der Waals surface area (Å²) in [6, 6.07) is 1.65. The van der Waals surface area contributed by atoms with Crippen LogP contribution in [0.3, 0.4) is 0 Å². The van der Waals surface area contributed by atoms with E-state index in [-0.39, 0.29) is 55.0 Å². The molecule has 3 aromatic rings. The Morgan fingerprint density at radius 3 is 2.08 bits per heavy atom. The molecule has 49 heavy (non-hydrogen) atoms. The molecule has 266 valence electrons. The van der Waals surface area contributed by atoms with Gasteiger partial charge < -0.3 is 19.5 Å². The number of aryl methyl sites for hydroxylation is 1. The average molecular weight is 710 g/mol. The number of anilines is 2. The number of fused-ring (bicyclic) bond motifs is 1. The Hall–Kier alpha value is -4.84. The predicted molar refractivity (Wildman–Crippen MR) is 153 cm³/mol. The van der Waals surface area contributed by atoms with E-state index < -0.39 is 72.5 Å². The molecule has 0 radical (unpaired) electrons. The van der Waals surface area contributed by atoms with Gasteiger partial charge in [0, 0.05) is 37.5 Å². The SMILES string of the molecule is CC[C@@H]1CC(N(Cc2cc(C(F)(F)F)cc(C(F)(F)F)c2)c2ncc(CCC(=O)O)cn2)c2nc(OC)ccc2N1C(=O)OCC(F)(F)F. The van der Waals surface area contributed by atoms with E-state index in [0.29, 0.717) is 17.7 Å². The van der Waals surface area contributed by atoms with Crippen LogP contribution in [0, 0.1) is 0 Å². The maximum absolute atomic E-state index is 13.8. The van der Waals surface area contributed by atoms with Crippen LogP contribution in [-0.4, -0.2) is 58.1 Å². The molecule has 4 rings (SSSR count). The normalized spacial score (nSPS) is 16.6. The van der Waals surface area contributed by atoms with Crippen LogP contribution in [0.5, 0.6) is 5.88 Å². The van der Waals surface area contributed by atoms with E-state index in [1.807, 2.05) is 0 Å². The van der Waals surface area contributed by atoms with Gasteiger partial charge in [0.1, 0.15) is 0 Å². The molecule has 1 unspecified atom stereocenters. The molecule has 0 spiro atoms. The van der Waals surface area contributed by atoms with Gasteiger partial charge in [0.15, 0.2) is 6.61 Å². The van der Waals surface area contributed by atoms with Gasteiger partial charge in [0.25, 0.3) is 0 Å². The lowest BCUT2D eigenvalue weighted by Crippen LogP contribution is -2.49. The monoisotopic (exact) mass is 709 g/mol. The van der Waals surface area contributed by atoms with Crippen molar-refractivity contribution >= 4 is 23.7 Å². The summed E-state index contributed by atoms with van der Waals surface area (Å²) in [4.78, 5) is 39.1. The van der Waals surface area contributed by atoms with Crippen molar-refractivity contribution in [3.63, 3.8) is 0 Å². The van der Waals surface area contributed by atoms with Crippen LogP contribution in [0.15, 0.2) is 42.7 Å². The first-order valence-corrected chi connectivity index (χ1v) is 14.5. The van der Waals surface area contributed by atoms with Crippen LogP contribution in [0.2, 0.25) is 0 Å². The molecule has 1 aliphatic rings. The van der Waals surface area contributed by atoms with E-state index >= 15 is 0 Å². The number of carboxylic acid groups (broad SMARTS) is 1. The van der Waals surface area contributed by atoms with Crippen molar-refractivity contribution in [2.24, 2.45) is 0 Å². The van der Waals surface area contributed by atoms with E-state index in [0.717, 1.165) is 4.90 Å². The number of rotatable bonds is 10. The zero-order valence-corrected chi connectivity index (χ0v) is 25.7. The first-order valence-electron chi connectivity index (χ1n) is 14.5. The number of aromatic nitrogens is 3. The Morgan fingerprint density at radius 2 is 1.57 bits per heavy atom. The number of halogens is 9. The van der Waals surface area contributed by atoms with E-state index in [4.69, 9.17) is 9.84 Å². The summed E-state index contributed by atoms with van der Waals surface area (Å²) in [6.07, 6.45) is -14.4. The topological polar surface area (TPSA) is 118 Å². The summed E-state index contributed by atoms with van der Waals surface area (Å²) in [5.74, 6) is -1.36. The van der Waals surface area contributed by atoms with E-state index in [2.05, 4.69) is 19.7 Å². The smallest absolute Gasteiger partial charge is 0.422 e. The van der Waals surface area contributed by atoms with Gasteiger partial charge in [0.2, 0.25) is 11.8 Å². The van der Waals surface area contributed by atoms with E-state index in [9.17, 15) is 49.1 Å². The number of pyridine rings is 1. The molecule has 19 heteroatoms. The average Bonchev–Trinajstić information content (AvgIpc) is 3.03. The van der Waals surface area contributed by atoms with Crippen LogP contribution in [0.25, 0.3) is 0 Å². The second-order valence-corrected chi connectivity index (χ2v) is 10.9. The first-order chi connectivity index (χ1) is 22.8. The lowest BCUT2D eigenvalue weighted by Gasteiger charge is -2.43. The third kappa shape index (κ3) is 9.20. The highest BCUT2D eigenvalue weighted by Crippen LogP contribution is 2.44. The third-order valence-electron chi connectivity index (χ3n) is 7.50. The van der Waals surface area contributed by atoms with Gasteiger partial charge in [-0.3, -0.25) is 9.69 Å². The summed E-state index contributed by atoms with van der Waals surface area (Å²) < 4.78 is 131. The van der Waals surface area contributed by atoms with E-state index in [1.54, 1.807) is 6.92 Å². The minimum atomic E-state index is -5.15. The van der Waals surface area contributed by atoms with Gasteiger partial charge in [-0.15, -0.1) is 0 Å². The second-order valence-electron chi connectivity index (χ2n) is 10.9. The fourth-order valence-corrected chi connectivity index (χ4v) is 5.27. The van der Waals surface area contributed by atoms with Crippen molar-refractivity contribution in [1.29, 1.82) is 0 Å². The van der Waals surface area contributed by atoms with E-state index in [1.165, 1.54) is 36.5 Å². The Labute approximate surface area is 272 Å². The zero-order valence-electron chi connectivity index (χ0n) is 25.7. The fourth-order valence-electron chi connectivity index (χ4n) is 5.27. The second kappa shape index (κ2) is 14.3. The molecule has 2 aromatic heterocycles. The highest BCUT2D eigenvalue weighted by molar-refractivity contribution is 5.90. The largest absolute Gasteiger partial charge is 0.481 e. The van der Waals surface area contributed by atoms with Gasteiger partial charge in [-0.2, -0.15) is 39.5 Å².